The molecule has 0 N–H and O–H groups in total. The second kappa shape index (κ2) is 9.96. The molecule has 1 unspecified atom stereocenters. The molecule has 0 radical (unpaired) electrons. The van der Waals surface area contributed by atoms with Crippen LogP contribution in [0.3, 0.4) is 0 Å². The number of carbonyl (C=O) groups excluding carboxylic acids is 1. The highest BCUT2D eigenvalue weighted by Crippen LogP contribution is 2.34. The third kappa shape index (κ3) is 4.79. The molecule has 1 saturated heterocycles. The molecule has 3 aromatic rings. The molecule has 1 amide bonds. The Bertz CT molecular complexity index is 1120. The predicted molar refractivity (Wildman–Crippen MR) is 133 cm³/mol. The third-order valence-corrected chi connectivity index (χ3v) is 7.79. The van der Waals surface area contributed by atoms with Crippen molar-refractivity contribution >= 4 is 40.3 Å². The summed E-state index contributed by atoms with van der Waals surface area (Å²) in [6.07, 6.45) is 0.889. The summed E-state index contributed by atoms with van der Waals surface area (Å²) >= 11 is 3.30. The highest BCUT2D eigenvalue weighted by molar-refractivity contribution is 8.14. The van der Waals surface area contributed by atoms with E-state index < -0.39 is 0 Å². The zero-order chi connectivity index (χ0) is 22.7. The van der Waals surface area contributed by atoms with Gasteiger partial charge in [0.05, 0.1) is 16.9 Å². The number of carbonyl (C=O) groups is 1. The number of rotatable bonds is 6. The molecule has 166 valence electrons. The third-order valence-electron chi connectivity index (χ3n) is 5.60. The summed E-state index contributed by atoms with van der Waals surface area (Å²) in [5, 5.41) is 4.82. The van der Waals surface area contributed by atoms with Crippen LogP contribution in [0.1, 0.15) is 46.3 Å². The molecule has 1 aliphatic rings. The fraction of sp³-hybridized carbons (Fsp3) is 0.320. The van der Waals surface area contributed by atoms with Gasteiger partial charge in [-0.3, -0.25) is 9.69 Å². The number of aromatic nitrogens is 1. The summed E-state index contributed by atoms with van der Waals surface area (Å²) < 4.78 is 5.29. The lowest BCUT2D eigenvalue weighted by Crippen LogP contribution is -2.39. The van der Waals surface area contributed by atoms with Crippen LogP contribution in [0, 0.1) is 20.8 Å². The van der Waals surface area contributed by atoms with E-state index in [-0.39, 0.29) is 11.9 Å². The van der Waals surface area contributed by atoms with Gasteiger partial charge < -0.3 is 4.52 Å². The van der Waals surface area contributed by atoms with Crippen molar-refractivity contribution in [3.8, 4) is 0 Å². The molecule has 1 aliphatic heterocycles. The predicted octanol–water partition coefficient (Wildman–Crippen LogP) is 6.55. The van der Waals surface area contributed by atoms with Gasteiger partial charge in [-0.15, -0.1) is 11.8 Å². The minimum Gasteiger partial charge on any atom is -0.361 e. The van der Waals surface area contributed by atoms with Gasteiger partial charge in [0.1, 0.15) is 5.76 Å². The monoisotopic (exact) mass is 465 g/mol. The van der Waals surface area contributed by atoms with Crippen molar-refractivity contribution in [1.82, 2.24) is 10.1 Å². The first kappa shape index (κ1) is 22.7. The first-order valence-electron chi connectivity index (χ1n) is 10.7. The van der Waals surface area contributed by atoms with Crippen molar-refractivity contribution < 1.29 is 9.32 Å². The van der Waals surface area contributed by atoms with Gasteiger partial charge in [-0.1, -0.05) is 53.7 Å². The molecular formula is C25H27N3O2S2. The summed E-state index contributed by atoms with van der Waals surface area (Å²) in [4.78, 5) is 21.4. The summed E-state index contributed by atoms with van der Waals surface area (Å²) in [5.41, 5.74) is 4.75. The number of aliphatic imine (C=N–C) groups is 1. The van der Waals surface area contributed by atoms with Crippen LogP contribution < -0.4 is 0 Å². The van der Waals surface area contributed by atoms with Crippen molar-refractivity contribution in [3.05, 3.63) is 76.7 Å². The molecule has 0 saturated carbocycles. The van der Waals surface area contributed by atoms with E-state index in [1.54, 1.807) is 23.5 Å². The second-order valence-electron chi connectivity index (χ2n) is 7.87. The number of amides is 1. The Labute approximate surface area is 197 Å². The zero-order valence-corrected chi connectivity index (χ0v) is 20.4. The Morgan fingerprint density at radius 3 is 2.62 bits per heavy atom. The number of hydrogen-bond acceptors (Lipinski definition) is 6. The largest absolute Gasteiger partial charge is 0.361 e. The van der Waals surface area contributed by atoms with E-state index in [4.69, 9.17) is 9.52 Å². The lowest BCUT2D eigenvalue weighted by molar-refractivity contribution is 0.0816. The number of hydrogen-bond donors (Lipinski definition) is 0. The Morgan fingerprint density at radius 2 is 1.94 bits per heavy atom. The van der Waals surface area contributed by atoms with Crippen LogP contribution in [0.15, 0.2) is 62.9 Å². The van der Waals surface area contributed by atoms with Gasteiger partial charge in [-0.25, -0.2) is 4.99 Å². The second-order valence-corrected chi connectivity index (χ2v) is 9.87. The van der Waals surface area contributed by atoms with Gasteiger partial charge in [-0.2, -0.15) is 0 Å². The molecule has 2 aromatic carbocycles. The van der Waals surface area contributed by atoms with Crippen LogP contribution in [-0.4, -0.2) is 32.9 Å². The van der Waals surface area contributed by atoms with E-state index in [1.807, 2.05) is 67.3 Å². The maximum absolute atomic E-state index is 13.8. The van der Waals surface area contributed by atoms with Gasteiger partial charge in [-0.05, 0) is 51.5 Å². The summed E-state index contributed by atoms with van der Waals surface area (Å²) in [6, 6.07) is 16.0. The molecule has 1 fully saturated rings. The van der Waals surface area contributed by atoms with Crippen molar-refractivity contribution in [2.75, 3.05) is 5.75 Å². The van der Waals surface area contributed by atoms with Crippen molar-refractivity contribution in [1.29, 1.82) is 0 Å². The van der Waals surface area contributed by atoms with Crippen molar-refractivity contribution in [2.45, 2.75) is 50.8 Å². The lowest BCUT2D eigenvalue weighted by atomic mass is 10.1. The highest BCUT2D eigenvalue weighted by atomic mass is 32.2. The van der Waals surface area contributed by atoms with E-state index in [9.17, 15) is 4.79 Å². The topological polar surface area (TPSA) is 58.7 Å². The Kier molecular flexibility index (Phi) is 7.06. The van der Waals surface area contributed by atoms with Gasteiger partial charge >= 0.3 is 0 Å². The Hall–Kier alpha value is -2.51. The first-order chi connectivity index (χ1) is 15.5. The van der Waals surface area contributed by atoms with Gasteiger partial charge in [0.2, 0.25) is 0 Å². The Balaban J connectivity index is 1.62. The summed E-state index contributed by atoms with van der Waals surface area (Å²) in [6.45, 7) is 8.05. The summed E-state index contributed by atoms with van der Waals surface area (Å²) in [5.74, 6) is 2.41. The number of benzene rings is 2. The van der Waals surface area contributed by atoms with Crippen molar-refractivity contribution in [3.63, 3.8) is 0 Å². The molecule has 0 aliphatic carbocycles. The van der Waals surface area contributed by atoms with Crippen LogP contribution in [0.25, 0.3) is 0 Å². The average Bonchev–Trinajstić information content (AvgIpc) is 3.35. The molecule has 4 rings (SSSR count). The number of aryl methyl sites for hydroxylation is 3. The van der Waals surface area contributed by atoms with Crippen LogP contribution >= 0.6 is 23.5 Å². The minimum absolute atomic E-state index is 0.00886. The quantitative estimate of drug-likeness (QED) is 0.387. The van der Waals surface area contributed by atoms with Crippen LogP contribution in [-0.2, 0) is 5.75 Å². The molecule has 0 bridgehead atoms. The van der Waals surface area contributed by atoms with E-state index in [2.05, 4.69) is 19.0 Å². The molecule has 32 heavy (non-hydrogen) atoms. The lowest BCUT2D eigenvalue weighted by Gasteiger charge is -2.24. The van der Waals surface area contributed by atoms with Gasteiger partial charge in [0.15, 0.2) is 5.17 Å². The molecule has 2 heterocycles. The van der Waals surface area contributed by atoms with Crippen LogP contribution in [0.4, 0.5) is 5.69 Å². The molecule has 1 aromatic heterocycles. The first-order valence-corrected chi connectivity index (χ1v) is 12.7. The van der Waals surface area contributed by atoms with E-state index in [0.717, 1.165) is 44.9 Å². The molecule has 7 heteroatoms. The number of amidine groups is 1. The maximum Gasteiger partial charge on any atom is 0.261 e. The summed E-state index contributed by atoms with van der Waals surface area (Å²) in [7, 11) is 0. The smallest absolute Gasteiger partial charge is 0.261 e. The highest BCUT2D eigenvalue weighted by Gasteiger charge is 2.35. The molecule has 5 nitrogen and oxygen atoms in total. The van der Waals surface area contributed by atoms with E-state index in [1.165, 1.54) is 5.56 Å². The fourth-order valence-electron chi connectivity index (χ4n) is 3.60. The van der Waals surface area contributed by atoms with Crippen LogP contribution in [0.5, 0.6) is 0 Å². The maximum atomic E-state index is 13.8. The Morgan fingerprint density at radius 1 is 1.19 bits per heavy atom. The van der Waals surface area contributed by atoms with Crippen molar-refractivity contribution in [2.24, 2.45) is 4.99 Å². The van der Waals surface area contributed by atoms with E-state index >= 15 is 0 Å². The van der Waals surface area contributed by atoms with E-state index in [0.29, 0.717) is 11.3 Å². The van der Waals surface area contributed by atoms with Gasteiger partial charge in [0, 0.05) is 28.0 Å². The molecule has 1 atom stereocenters. The normalized spacial score (nSPS) is 17.3. The SMILES string of the molecule is CCC1CSC(=Nc2ccc(C)cc2)N1C(=O)c1ccccc1SCc1c(C)noc1C. The number of nitrogens with zero attached hydrogens (tertiary/aromatic N) is 3. The standard InChI is InChI=1S/C25H27N3O2S2/c1-5-20-14-32-25(26-19-12-10-16(2)11-13-19)28(20)24(29)21-8-6-7-9-23(21)31-15-22-17(3)27-30-18(22)4/h6-13,20H,5,14-15H2,1-4H3. The fourth-order valence-corrected chi connectivity index (χ4v) is 6.06. The molecule has 0 spiro atoms. The minimum atomic E-state index is 0.00886. The number of thioether (sulfide) groups is 2. The average molecular weight is 466 g/mol. The van der Waals surface area contributed by atoms with Crippen LogP contribution in [0.2, 0.25) is 0 Å². The zero-order valence-electron chi connectivity index (χ0n) is 18.8. The van der Waals surface area contributed by atoms with Gasteiger partial charge in [0.25, 0.3) is 5.91 Å². The molecular weight excluding hydrogens is 438 g/mol.